The summed E-state index contributed by atoms with van der Waals surface area (Å²) in [4.78, 5) is 2.27. The van der Waals surface area contributed by atoms with Gasteiger partial charge >= 0.3 is 0 Å². The highest BCUT2D eigenvalue weighted by Crippen LogP contribution is 2.24. The molecule has 1 heterocycles. The van der Waals surface area contributed by atoms with Crippen molar-refractivity contribution in [2.75, 3.05) is 25.2 Å². The zero-order valence-corrected chi connectivity index (χ0v) is 9.72. The Bertz CT molecular complexity index is 334. The molecule has 0 radical (unpaired) electrons. The number of anilines is 1. The van der Waals surface area contributed by atoms with Crippen LogP contribution in [0, 0.1) is 0 Å². The molecular weight excluding hydrogens is 202 g/mol. The third kappa shape index (κ3) is 2.36. The smallest absolute Gasteiger partial charge is 0.0702 e. The third-order valence-electron chi connectivity index (χ3n) is 3.28. The van der Waals surface area contributed by atoms with Crippen molar-refractivity contribution in [3.05, 3.63) is 29.8 Å². The molecule has 3 nitrogen and oxygen atoms in total. The molecule has 1 saturated heterocycles. The van der Waals surface area contributed by atoms with Crippen molar-refractivity contribution in [1.82, 2.24) is 0 Å². The van der Waals surface area contributed by atoms with Crippen LogP contribution >= 0.6 is 0 Å². The van der Waals surface area contributed by atoms with E-state index in [2.05, 4.69) is 18.0 Å². The molecule has 1 N–H and O–H groups in total. The highest BCUT2D eigenvalue weighted by molar-refractivity contribution is 5.53. The van der Waals surface area contributed by atoms with Gasteiger partial charge in [-0.2, -0.15) is 0 Å². The normalized spacial score (nSPS) is 17.4. The summed E-state index contributed by atoms with van der Waals surface area (Å²) in [6.45, 7) is 1.79. The molecule has 0 spiro atoms. The van der Waals surface area contributed by atoms with Gasteiger partial charge in [-0.15, -0.1) is 0 Å². The molecule has 3 heteroatoms. The number of aliphatic hydroxyl groups excluding tert-OH is 1. The third-order valence-corrected chi connectivity index (χ3v) is 3.28. The van der Waals surface area contributed by atoms with Crippen LogP contribution in [0.25, 0.3) is 0 Å². The summed E-state index contributed by atoms with van der Waals surface area (Å²) in [5.74, 6) is 0. The lowest BCUT2D eigenvalue weighted by Gasteiger charge is -2.34. The highest BCUT2D eigenvalue weighted by atomic mass is 16.5. The quantitative estimate of drug-likeness (QED) is 0.844. The molecule has 0 amide bonds. The molecule has 0 unspecified atom stereocenters. The number of hydrogen-bond donors (Lipinski definition) is 1. The van der Waals surface area contributed by atoms with E-state index in [1.54, 1.807) is 0 Å². The summed E-state index contributed by atoms with van der Waals surface area (Å²) >= 11 is 0. The summed E-state index contributed by atoms with van der Waals surface area (Å²) < 4.78 is 5.37. The minimum atomic E-state index is 0.101. The lowest BCUT2D eigenvalue weighted by atomic mass is 10.1. The Morgan fingerprint density at radius 1 is 1.31 bits per heavy atom. The van der Waals surface area contributed by atoms with Gasteiger partial charge in [0.25, 0.3) is 0 Å². The minimum Gasteiger partial charge on any atom is -0.392 e. The van der Waals surface area contributed by atoms with Gasteiger partial charge < -0.3 is 14.7 Å². The molecule has 2 rings (SSSR count). The van der Waals surface area contributed by atoms with Gasteiger partial charge in [-0.25, -0.2) is 0 Å². The second-order valence-electron chi connectivity index (χ2n) is 4.24. The van der Waals surface area contributed by atoms with Crippen LogP contribution in [0.4, 0.5) is 5.69 Å². The largest absolute Gasteiger partial charge is 0.392 e. The maximum Gasteiger partial charge on any atom is 0.0702 e. The maximum absolute atomic E-state index is 9.31. The minimum absolute atomic E-state index is 0.101. The van der Waals surface area contributed by atoms with Crippen molar-refractivity contribution in [2.24, 2.45) is 0 Å². The number of para-hydroxylation sites is 1. The first kappa shape index (κ1) is 11.4. The Morgan fingerprint density at radius 2 is 2.00 bits per heavy atom. The van der Waals surface area contributed by atoms with Crippen molar-refractivity contribution in [3.63, 3.8) is 0 Å². The number of hydrogen-bond acceptors (Lipinski definition) is 3. The molecule has 0 aliphatic carbocycles. The van der Waals surface area contributed by atoms with Crippen LogP contribution in [-0.4, -0.2) is 31.4 Å². The second-order valence-corrected chi connectivity index (χ2v) is 4.24. The van der Waals surface area contributed by atoms with E-state index in [-0.39, 0.29) is 6.61 Å². The molecule has 0 bridgehead atoms. The Labute approximate surface area is 96.6 Å². The monoisotopic (exact) mass is 221 g/mol. The van der Waals surface area contributed by atoms with Crippen molar-refractivity contribution in [3.8, 4) is 0 Å². The van der Waals surface area contributed by atoms with Gasteiger partial charge in [-0.1, -0.05) is 18.2 Å². The Morgan fingerprint density at radius 3 is 2.69 bits per heavy atom. The van der Waals surface area contributed by atoms with Crippen LogP contribution in [0.2, 0.25) is 0 Å². The van der Waals surface area contributed by atoms with E-state index in [1.807, 2.05) is 18.2 Å². The predicted molar refractivity (Wildman–Crippen MR) is 64.6 cm³/mol. The van der Waals surface area contributed by atoms with Crippen molar-refractivity contribution in [1.29, 1.82) is 0 Å². The Hall–Kier alpha value is -1.06. The van der Waals surface area contributed by atoms with Gasteiger partial charge in [0.2, 0.25) is 0 Å². The number of rotatable bonds is 3. The van der Waals surface area contributed by atoms with Gasteiger partial charge in [0.15, 0.2) is 0 Å². The summed E-state index contributed by atoms with van der Waals surface area (Å²) in [5, 5.41) is 9.31. The first-order valence-electron chi connectivity index (χ1n) is 5.82. The van der Waals surface area contributed by atoms with E-state index in [9.17, 15) is 5.11 Å². The molecule has 1 fully saturated rings. The molecule has 88 valence electrons. The van der Waals surface area contributed by atoms with Gasteiger partial charge in [0.1, 0.15) is 0 Å². The van der Waals surface area contributed by atoms with Crippen LogP contribution in [0.3, 0.4) is 0 Å². The van der Waals surface area contributed by atoms with Crippen LogP contribution in [0.15, 0.2) is 24.3 Å². The maximum atomic E-state index is 9.31. The first-order valence-corrected chi connectivity index (χ1v) is 5.82. The van der Waals surface area contributed by atoms with Gasteiger partial charge in [-0.05, 0) is 18.9 Å². The number of ether oxygens (including phenoxy) is 1. The molecular formula is C13H19NO2. The molecule has 1 aromatic carbocycles. The fraction of sp³-hybridized carbons (Fsp3) is 0.538. The van der Waals surface area contributed by atoms with Crippen LogP contribution in [0.5, 0.6) is 0 Å². The molecule has 16 heavy (non-hydrogen) atoms. The summed E-state index contributed by atoms with van der Waals surface area (Å²) in [6.07, 6.45) is 2.13. The zero-order valence-electron chi connectivity index (χ0n) is 9.72. The molecule has 1 aliphatic heterocycles. The number of nitrogens with zero attached hydrogens (tertiary/aromatic N) is 1. The molecule has 0 atom stereocenters. The topological polar surface area (TPSA) is 32.7 Å². The Kier molecular flexibility index (Phi) is 3.80. The fourth-order valence-electron chi connectivity index (χ4n) is 2.26. The molecule has 1 aromatic rings. The molecule has 0 aromatic heterocycles. The van der Waals surface area contributed by atoms with E-state index in [4.69, 9.17) is 4.74 Å². The highest BCUT2D eigenvalue weighted by Gasteiger charge is 2.19. The first-order chi connectivity index (χ1) is 7.83. The van der Waals surface area contributed by atoms with E-state index in [0.29, 0.717) is 6.04 Å². The van der Waals surface area contributed by atoms with E-state index < -0.39 is 0 Å². The van der Waals surface area contributed by atoms with Crippen molar-refractivity contribution < 1.29 is 9.84 Å². The Balaban J connectivity index is 2.15. The second kappa shape index (κ2) is 5.32. The van der Waals surface area contributed by atoms with Gasteiger partial charge in [-0.3, -0.25) is 0 Å². The number of aliphatic hydroxyl groups is 1. The summed E-state index contributed by atoms with van der Waals surface area (Å²) in [6, 6.07) is 8.56. The van der Waals surface area contributed by atoms with Crippen molar-refractivity contribution >= 4 is 5.69 Å². The lowest BCUT2D eigenvalue weighted by Crippen LogP contribution is -2.37. The molecule has 1 aliphatic rings. The van der Waals surface area contributed by atoms with Gasteiger partial charge in [0.05, 0.1) is 6.61 Å². The SMILES string of the molecule is CN(c1ccccc1CO)C1CCOCC1. The fourth-order valence-corrected chi connectivity index (χ4v) is 2.26. The number of benzene rings is 1. The van der Waals surface area contributed by atoms with E-state index in [1.165, 1.54) is 0 Å². The average Bonchev–Trinajstić information content (AvgIpc) is 2.39. The van der Waals surface area contributed by atoms with Crippen LogP contribution in [0.1, 0.15) is 18.4 Å². The van der Waals surface area contributed by atoms with E-state index >= 15 is 0 Å². The lowest BCUT2D eigenvalue weighted by molar-refractivity contribution is 0.0854. The van der Waals surface area contributed by atoms with E-state index in [0.717, 1.165) is 37.3 Å². The van der Waals surface area contributed by atoms with Crippen molar-refractivity contribution in [2.45, 2.75) is 25.5 Å². The molecule has 0 saturated carbocycles. The van der Waals surface area contributed by atoms with Crippen LogP contribution in [-0.2, 0) is 11.3 Å². The predicted octanol–water partition coefficient (Wildman–Crippen LogP) is 1.79. The zero-order chi connectivity index (χ0) is 11.4. The summed E-state index contributed by atoms with van der Waals surface area (Å²) in [5.41, 5.74) is 2.13. The van der Waals surface area contributed by atoms with Gasteiger partial charge in [0, 0.05) is 37.6 Å². The summed E-state index contributed by atoms with van der Waals surface area (Å²) in [7, 11) is 2.10. The standard InChI is InChI=1S/C13H19NO2/c1-14(12-6-8-16-9-7-12)13-5-3-2-4-11(13)10-15/h2-5,12,15H,6-10H2,1H3. The van der Waals surface area contributed by atoms with Crippen LogP contribution < -0.4 is 4.90 Å². The average molecular weight is 221 g/mol.